The molecular weight excluding hydrogens is 182 g/mol. The highest BCUT2D eigenvalue weighted by Gasteiger charge is 2.01. The highest BCUT2D eigenvalue weighted by Crippen LogP contribution is 2.05. The molecule has 0 saturated carbocycles. The van der Waals surface area contributed by atoms with Gasteiger partial charge in [-0.2, -0.15) is 0 Å². The zero-order chi connectivity index (χ0) is 10.4. The van der Waals surface area contributed by atoms with Gasteiger partial charge in [0.2, 0.25) is 5.96 Å². The number of aliphatic imine (C=N–C) groups is 1. The maximum Gasteiger partial charge on any atom is 0.206 e. The molecule has 6 nitrogen and oxygen atoms in total. The van der Waals surface area contributed by atoms with Crippen LogP contribution in [0.25, 0.3) is 0 Å². The molecule has 0 radical (unpaired) electrons. The smallest absolute Gasteiger partial charge is 0.206 e. The molecule has 0 aliphatic rings. The first-order valence-electron chi connectivity index (χ1n) is 4.42. The fourth-order valence-electron chi connectivity index (χ4n) is 0.949. The molecule has 0 aliphatic heterocycles. The van der Waals surface area contributed by atoms with E-state index in [-0.39, 0.29) is 0 Å². The van der Waals surface area contributed by atoms with Gasteiger partial charge in [0.25, 0.3) is 0 Å². The number of aromatic nitrogens is 1. The van der Waals surface area contributed by atoms with Gasteiger partial charge < -0.3 is 9.84 Å². The Balaban J connectivity index is 2.56. The molecule has 0 saturated heterocycles. The van der Waals surface area contributed by atoms with Crippen molar-refractivity contribution in [2.45, 2.75) is 20.4 Å². The number of hydrogen-bond donors (Lipinski definition) is 3. The van der Waals surface area contributed by atoms with Gasteiger partial charge in [0.15, 0.2) is 0 Å². The molecule has 4 N–H and O–H groups in total. The predicted octanol–water partition coefficient (Wildman–Crippen LogP) is -0.0882. The van der Waals surface area contributed by atoms with Gasteiger partial charge in [0.1, 0.15) is 6.26 Å². The normalized spacial score (nSPS) is 11.5. The van der Waals surface area contributed by atoms with Crippen molar-refractivity contribution >= 4 is 5.96 Å². The van der Waals surface area contributed by atoms with Gasteiger partial charge in [0.05, 0.1) is 12.2 Å². The minimum absolute atomic E-state index is 0.502. The van der Waals surface area contributed by atoms with Crippen LogP contribution in [0.3, 0.4) is 0 Å². The molecule has 6 heteroatoms. The number of nitrogens with zero attached hydrogens (tertiary/aromatic N) is 2. The van der Waals surface area contributed by atoms with E-state index >= 15 is 0 Å². The molecule has 1 rings (SSSR count). The van der Waals surface area contributed by atoms with E-state index in [2.05, 4.69) is 20.9 Å². The second-order valence-electron chi connectivity index (χ2n) is 2.76. The summed E-state index contributed by atoms with van der Waals surface area (Å²) in [6.45, 7) is 5.11. The maximum absolute atomic E-state index is 5.25. The molecule has 0 unspecified atom stereocenters. The van der Waals surface area contributed by atoms with Crippen LogP contribution >= 0.6 is 0 Å². The van der Waals surface area contributed by atoms with E-state index in [1.165, 1.54) is 0 Å². The van der Waals surface area contributed by atoms with Gasteiger partial charge in [-0.3, -0.25) is 5.43 Å². The number of rotatable bonds is 3. The molecule has 14 heavy (non-hydrogen) atoms. The van der Waals surface area contributed by atoms with Crippen molar-refractivity contribution in [2.75, 3.05) is 6.54 Å². The van der Waals surface area contributed by atoms with Crippen LogP contribution in [0.1, 0.15) is 18.2 Å². The number of guanidine groups is 1. The Bertz CT molecular complexity index is 306. The topological polar surface area (TPSA) is 88.5 Å². The van der Waals surface area contributed by atoms with Crippen LogP contribution in [0.2, 0.25) is 0 Å². The van der Waals surface area contributed by atoms with Gasteiger partial charge in [0, 0.05) is 12.1 Å². The second kappa shape index (κ2) is 5.23. The van der Waals surface area contributed by atoms with Gasteiger partial charge in [-0.1, -0.05) is 5.16 Å². The third-order valence-electron chi connectivity index (χ3n) is 1.74. The van der Waals surface area contributed by atoms with Gasteiger partial charge in [-0.05, 0) is 13.8 Å². The van der Waals surface area contributed by atoms with Crippen LogP contribution in [0, 0.1) is 6.92 Å². The lowest BCUT2D eigenvalue weighted by Crippen LogP contribution is -2.41. The Labute approximate surface area is 82.5 Å². The summed E-state index contributed by atoms with van der Waals surface area (Å²) in [5.74, 6) is 5.82. The lowest BCUT2D eigenvalue weighted by molar-refractivity contribution is 0.414. The largest absolute Gasteiger partial charge is 0.364 e. The van der Waals surface area contributed by atoms with Gasteiger partial charge in [-0.15, -0.1) is 0 Å². The lowest BCUT2D eigenvalue weighted by atomic mass is 10.3. The summed E-state index contributed by atoms with van der Waals surface area (Å²) in [7, 11) is 0. The monoisotopic (exact) mass is 197 g/mol. The summed E-state index contributed by atoms with van der Waals surface area (Å²) in [4.78, 5) is 4.20. The zero-order valence-electron chi connectivity index (χ0n) is 8.37. The molecule has 0 aliphatic carbocycles. The lowest BCUT2D eigenvalue weighted by Gasteiger charge is -2.05. The van der Waals surface area contributed by atoms with Crippen LogP contribution in [-0.4, -0.2) is 17.7 Å². The second-order valence-corrected chi connectivity index (χ2v) is 2.76. The molecular formula is C8H15N5O. The van der Waals surface area contributed by atoms with E-state index < -0.39 is 0 Å². The number of hydrazine groups is 1. The number of aryl methyl sites for hydroxylation is 1. The summed E-state index contributed by atoms with van der Waals surface area (Å²) in [6.07, 6.45) is 1.58. The van der Waals surface area contributed by atoms with Crippen molar-refractivity contribution in [2.24, 2.45) is 10.8 Å². The molecule has 0 fully saturated rings. The molecule has 0 spiro atoms. The summed E-state index contributed by atoms with van der Waals surface area (Å²) in [5, 5.41) is 6.73. The zero-order valence-corrected chi connectivity index (χ0v) is 8.37. The molecule has 0 amide bonds. The molecule has 0 aromatic carbocycles. The van der Waals surface area contributed by atoms with E-state index in [1.807, 2.05) is 13.8 Å². The van der Waals surface area contributed by atoms with Crippen LogP contribution in [0.15, 0.2) is 15.8 Å². The van der Waals surface area contributed by atoms with E-state index in [1.54, 1.807) is 6.26 Å². The van der Waals surface area contributed by atoms with Crippen molar-refractivity contribution in [1.29, 1.82) is 0 Å². The van der Waals surface area contributed by atoms with Gasteiger partial charge in [-0.25, -0.2) is 10.8 Å². The van der Waals surface area contributed by atoms with E-state index in [0.29, 0.717) is 12.5 Å². The van der Waals surface area contributed by atoms with E-state index in [0.717, 1.165) is 17.8 Å². The standard InChI is InChI=1S/C8H15N5O/c1-3-10-8(12-9)11-4-7-5-14-13-6(7)2/h5H,3-4,9H2,1-2H3,(H2,10,11,12). The van der Waals surface area contributed by atoms with E-state index in [4.69, 9.17) is 10.4 Å². The molecule has 0 bridgehead atoms. The van der Waals surface area contributed by atoms with Crippen molar-refractivity contribution in [3.05, 3.63) is 17.5 Å². The maximum atomic E-state index is 5.25. The average molecular weight is 197 g/mol. The van der Waals surface area contributed by atoms with Crippen LogP contribution < -0.4 is 16.6 Å². The summed E-state index contributed by atoms with van der Waals surface area (Å²) < 4.78 is 4.78. The molecule has 78 valence electrons. The Hall–Kier alpha value is -1.56. The van der Waals surface area contributed by atoms with Crippen molar-refractivity contribution in [3.8, 4) is 0 Å². The Kier molecular flexibility index (Phi) is 3.93. The van der Waals surface area contributed by atoms with Crippen molar-refractivity contribution in [1.82, 2.24) is 15.9 Å². The molecule has 1 aromatic heterocycles. The Morgan fingerprint density at radius 2 is 2.50 bits per heavy atom. The van der Waals surface area contributed by atoms with E-state index in [9.17, 15) is 0 Å². The fourth-order valence-corrected chi connectivity index (χ4v) is 0.949. The van der Waals surface area contributed by atoms with Crippen molar-refractivity contribution in [3.63, 3.8) is 0 Å². The molecule has 1 heterocycles. The highest BCUT2D eigenvalue weighted by molar-refractivity contribution is 5.79. The van der Waals surface area contributed by atoms with Crippen LogP contribution in [0.5, 0.6) is 0 Å². The third-order valence-corrected chi connectivity index (χ3v) is 1.74. The third kappa shape index (κ3) is 2.74. The number of hydrogen-bond acceptors (Lipinski definition) is 4. The molecule has 1 aromatic rings. The van der Waals surface area contributed by atoms with Crippen LogP contribution in [0.4, 0.5) is 0 Å². The first kappa shape index (κ1) is 10.5. The fraction of sp³-hybridized carbons (Fsp3) is 0.500. The number of nitrogens with two attached hydrogens (primary N) is 1. The van der Waals surface area contributed by atoms with Crippen LogP contribution in [-0.2, 0) is 6.54 Å². The highest BCUT2D eigenvalue weighted by atomic mass is 16.5. The minimum Gasteiger partial charge on any atom is -0.364 e. The summed E-state index contributed by atoms with van der Waals surface area (Å²) in [5.41, 5.74) is 4.28. The summed E-state index contributed by atoms with van der Waals surface area (Å²) >= 11 is 0. The molecule has 0 atom stereocenters. The average Bonchev–Trinajstić information content (AvgIpc) is 2.59. The Morgan fingerprint density at radius 3 is 3.00 bits per heavy atom. The first-order valence-corrected chi connectivity index (χ1v) is 4.42. The quantitative estimate of drug-likeness (QED) is 0.273. The minimum atomic E-state index is 0.502. The van der Waals surface area contributed by atoms with Gasteiger partial charge >= 0.3 is 0 Å². The van der Waals surface area contributed by atoms with Crippen molar-refractivity contribution < 1.29 is 4.52 Å². The number of nitrogens with one attached hydrogen (secondary N) is 2. The Morgan fingerprint density at radius 1 is 1.71 bits per heavy atom. The summed E-state index contributed by atoms with van der Waals surface area (Å²) in [6, 6.07) is 0. The predicted molar refractivity (Wildman–Crippen MR) is 53.4 cm³/mol. The first-order chi connectivity index (χ1) is 6.77. The SMILES string of the molecule is CCNC(=NCc1conc1C)NN.